The summed E-state index contributed by atoms with van der Waals surface area (Å²) in [6.07, 6.45) is 16.9. The van der Waals surface area contributed by atoms with E-state index >= 15 is 0 Å². The number of likely N-dealkylation sites (N-methyl/N-ethyl adjacent to an activating group) is 1. The molecule has 3 aliphatic rings. The van der Waals surface area contributed by atoms with Gasteiger partial charge in [-0.3, -0.25) is 4.79 Å². The number of nitrogens with zero attached hydrogens (tertiary/aromatic N) is 1. The minimum absolute atomic E-state index is 0.104. The molecule has 0 N–H and O–H groups in total. The van der Waals surface area contributed by atoms with Crippen molar-refractivity contribution in [2.75, 3.05) is 14.1 Å². The van der Waals surface area contributed by atoms with Gasteiger partial charge in [-0.15, -0.1) is 0 Å². The molecule has 1 amide bonds. The van der Waals surface area contributed by atoms with Gasteiger partial charge in [0.05, 0.1) is 5.92 Å². The van der Waals surface area contributed by atoms with Gasteiger partial charge in [-0.05, 0) is 11.1 Å². The van der Waals surface area contributed by atoms with E-state index in [1.807, 2.05) is 70.5 Å². The molecule has 5 rings (SSSR count). The van der Waals surface area contributed by atoms with Gasteiger partial charge in [0.1, 0.15) is 0 Å². The van der Waals surface area contributed by atoms with Crippen LogP contribution in [0.4, 0.5) is 0 Å². The predicted octanol–water partition coefficient (Wildman–Crippen LogP) is 9.37. The van der Waals surface area contributed by atoms with Gasteiger partial charge in [0.2, 0.25) is 5.91 Å². The summed E-state index contributed by atoms with van der Waals surface area (Å²) in [4.78, 5) is 14.0. The van der Waals surface area contributed by atoms with Crippen LogP contribution in [0.15, 0.2) is 124 Å². The smallest absolute Gasteiger partial charge is 0.234 e. The monoisotopic (exact) mass is 653 g/mol. The van der Waals surface area contributed by atoms with Gasteiger partial charge >= 0.3 is 154 Å². The van der Waals surface area contributed by atoms with E-state index < -0.39 is 25.4 Å². The van der Waals surface area contributed by atoms with Gasteiger partial charge in [-0.1, -0.05) is 60.7 Å². The van der Waals surface area contributed by atoms with Crippen molar-refractivity contribution < 1.29 is 24.2 Å². The number of hydrogen-bond acceptors (Lipinski definition) is 1. The maximum absolute atomic E-state index is 12.4. The standard InChI is InChI=1S/C16H17NO.C10H15.2C5H5.C2H7Si.Zr/c1-17(2)16(18)15(13-9-5-3-6-10-13)14-11-7-4-8-12-14;1-7-6-10(4,5)9(3)8(7)2;2*1-2-4-5-3-1;1-3-2;/h3-12,15H,1-2H3;1-5H3;2*1-3H,4H2;3H,1-2H3;. The van der Waals surface area contributed by atoms with Crippen LogP contribution in [-0.2, 0) is 24.2 Å². The Kier molecular flexibility index (Phi) is 10.3. The molecule has 0 bridgehead atoms. The van der Waals surface area contributed by atoms with Crippen LogP contribution in [0.2, 0.25) is 13.1 Å². The molecule has 0 heterocycles. The largest absolute Gasteiger partial charge is 0.348 e. The molecule has 3 aliphatic carbocycles. The normalized spacial score (nSPS) is 17.6. The first-order chi connectivity index (χ1) is 20.0. The third-order valence-corrected chi connectivity index (χ3v) is 41.6. The van der Waals surface area contributed by atoms with Crippen LogP contribution in [0.3, 0.4) is 0 Å². The van der Waals surface area contributed by atoms with Crippen molar-refractivity contribution in [3.8, 4) is 0 Å². The number of carbonyl (C=O) groups excluding carboxylic acids is 1. The molecular formula is C38H49NOSiZr. The summed E-state index contributed by atoms with van der Waals surface area (Å²) in [5.74, 6) is -0.963. The number of rotatable bonds is 7. The summed E-state index contributed by atoms with van der Waals surface area (Å²) in [5.41, 5.74) is 7.14. The van der Waals surface area contributed by atoms with Crippen LogP contribution in [0.25, 0.3) is 0 Å². The number of benzene rings is 2. The first kappa shape index (κ1) is 32.4. The van der Waals surface area contributed by atoms with Crippen LogP contribution >= 0.6 is 0 Å². The summed E-state index contributed by atoms with van der Waals surface area (Å²) in [5, 5.41) is 0. The van der Waals surface area contributed by atoms with Crippen molar-refractivity contribution in [3.05, 3.63) is 135 Å². The average Bonchev–Trinajstić information content (AvgIpc) is 3.74. The molecule has 0 spiro atoms. The molecular weight excluding hydrogens is 606 g/mol. The Morgan fingerprint density at radius 2 is 1.24 bits per heavy atom. The van der Waals surface area contributed by atoms with Crippen molar-refractivity contribution in [1.82, 2.24) is 4.90 Å². The second-order valence-corrected chi connectivity index (χ2v) is 37.3. The van der Waals surface area contributed by atoms with E-state index in [1.54, 1.807) is 35.7 Å². The quantitative estimate of drug-likeness (QED) is 0.273. The molecule has 4 heteroatoms. The van der Waals surface area contributed by atoms with Crippen molar-refractivity contribution in [2.45, 2.75) is 66.5 Å². The Hall–Kier alpha value is -2.55. The molecule has 0 aromatic heterocycles. The van der Waals surface area contributed by atoms with E-state index in [0.717, 1.165) is 11.1 Å². The topological polar surface area (TPSA) is 20.3 Å². The van der Waals surface area contributed by atoms with E-state index in [2.05, 4.69) is 84.2 Å². The Morgan fingerprint density at radius 1 is 0.786 bits per heavy atom. The van der Waals surface area contributed by atoms with E-state index in [1.165, 1.54) is 12.8 Å². The maximum atomic E-state index is 12.4. The van der Waals surface area contributed by atoms with Gasteiger partial charge in [0, 0.05) is 14.1 Å². The molecule has 2 aromatic carbocycles. The van der Waals surface area contributed by atoms with Crippen LogP contribution in [0, 0.1) is 5.41 Å². The summed E-state index contributed by atoms with van der Waals surface area (Å²) in [6.45, 7) is 17.5. The minimum atomic E-state index is -2.79. The van der Waals surface area contributed by atoms with Gasteiger partial charge in [0.15, 0.2) is 0 Å². The summed E-state index contributed by atoms with van der Waals surface area (Å²) in [7, 11) is 3.59. The summed E-state index contributed by atoms with van der Waals surface area (Å²) in [6, 6.07) is 19.8. The fourth-order valence-corrected chi connectivity index (χ4v) is 42.0. The molecule has 0 aliphatic heterocycles. The van der Waals surface area contributed by atoms with E-state index in [-0.39, 0.29) is 17.2 Å². The Labute approximate surface area is 260 Å². The zero-order valence-electron chi connectivity index (χ0n) is 27.2. The van der Waals surface area contributed by atoms with Gasteiger partial charge < -0.3 is 4.90 Å². The first-order valence-corrected chi connectivity index (χ1v) is 26.2. The zero-order chi connectivity index (χ0) is 30.7. The maximum Gasteiger partial charge on any atom is 0.234 e. The van der Waals surface area contributed by atoms with E-state index in [4.69, 9.17) is 0 Å². The van der Waals surface area contributed by atoms with Crippen molar-refractivity contribution in [2.24, 2.45) is 5.41 Å². The van der Waals surface area contributed by atoms with Gasteiger partial charge in [0.25, 0.3) is 0 Å². The molecule has 2 nitrogen and oxygen atoms in total. The SMILES string of the molecule is CC1=C(C)C(C)(C)[C]([Zr]([C]2=CC=CC2)([C]2=CC=CC2)[SiH](C)C)=C1C.CN(C)C(=O)C(c1ccccc1)c1ccccc1. The third kappa shape index (κ3) is 5.95. The number of allylic oxidation sites excluding steroid dienone is 12. The fraction of sp³-hybridized carbons (Fsp3) is 0.342. The third-order valence-electron chi connectivity index (χ3n) is 9.83. The van der Waals surface area contributed by atoms with Gasteiger partial charge in [-0.2, -0.15) is 0 Å². The van der Waals surface area contributed by atoms with Gasteiger partial charge in [-0.25, -0.2) is 0 Å². The summed E-state index contributed by atoms with van der Waals surface area (Å²) < 4.78 is 5.62. The van der Waals surface area contributed by atoms with E-state index in [9.17, 15) is 4.79 Å². The Bertz CT molecular complexity index is 1420. The second-order valence-electron chi connectivity index (χ2n) is 13.0. The number of amides is 1. The number of carbonyl (C=O) groups is 1. The minimum Gasteiger partial charge on any atom is -0.348 e. The second kappa shape index (κ2) is 13.4. The molecule has 0 atom stereocenters. The fourth-order valence-electron chi connectivity index (χ4n) is 7.45. The van der Waals surface area contributed by atoms with Crippen LogP contribution < -0.4 is 0 Å². The molecule has 42 heavy (non-hydrogen) atoms. The van der Waals surface area contributed by atoms with Crippen molar-refractivity contribution >= 4 is 11.8 Å². The molecule has 0 radical (unpaired) electrons. The zero-order valence-corrected chi connectivity index (χ0v) is 30.8. The molecule has 2 aromatic rings. The Morgan fingerprint density at radius 3 is 1.55 bits per heavy atom. The van der Waals surface area contributed by atoms with Crippen LogP contribution in [-0.4, -0.2) is 30.8 Å². The predicted molar refractivity (Wildman–Crippen MR) is 181 cm³/mol. The van der Waals surface area contributed by atoms with Crippen LogP contribution in [0.1, 0.15) is 64.5 Å². The molecule has 0 saturated heterocycles. The molecule has 0 saturated carbocycles. The molecule has 220 valence electrons. The summed E-state index contributed by atoms with van der Waals surface area (Å²) >= 11 is -2.79. The van der Waals surface area contributed by atoms with E-state index in [0.29, 0.717) is 0 Å². The number of hydrogen-bond donors (Lipinski definition) is 0. The van der Waals surface area contributed by atoms with Crippen molar-refractivity contribution in [3.63, 3.8) is 0 Å². The molecule has 0 unspecified atom stereocenters. The first-order valence-electron chi connectivity index (χ1n) is 15.4. The average molecular weight is 655 g/mol. The Balaban J connectivity index is 0.000000201. The molecule has 0 fully saturated rings. The van der Waals surface area contributed by atoms with Crippen molar-refractivity contribution in [1.29, 1.82) is 0 Å². The van der Waals surface area contributed by atoms with Crippen LogP contribution in [0.5, 0.6) is 0 Å².